The second kappa shape index (κ2) is 4.44. The molecule has 19 heavy (non-hydrogen) atoms. The molecule has 0 bridgehead atoms. The van der Waals surface area contributed by atoms with Gasteiger partial charge in [0.1, 0.15) is 6.79 Å². The highest BCUT2D eigenvalue weighted by Gasteiger charge is 2.61. The molecular formula is C16H28O3. The number of hydrogen-bond donors (Lipinski definition) is 1. The van der Waals surface area contributed by atoms with Crippen LogP contribution in [0.25, 0.3) is 0 Å². The van der Waals surface area contributed by atoms with E-state index in [1.807, 2.05) is 0 Å². The molecule has 0 aromatic rings. The minimum absolute atomic E-state index is 0.143. The standard InChI is InChI=1S/C16H28O3/c1-14(2)6-4-7-15(3)12(14)5-8-16(10-17)13(15)9-18-11-19-16/h12-13,17H,4-11H2,1-3H3/t12-,13-,15-,16-/m0/s1. The van der Waals surface area contributed by atoms with Crippen LogP contribution in [0.2, 0.25) is 0 Å². The van der Waals surface area contributed by atoms with Gasteiger partial charge in [0.25, 0.3) is 0 Å². The number of fused-ring (bicyclic) bond motifs is 3. The van der Waals surface area contributed by atoms with Gasteiger partial charge in [0.05, 0.1) is 18.8 Å². The molecule has 0 unspecified atom stereocenters. The van der Waals surface area contributed by atoms with Crippen molar-refractivity contribution < 1.29 is 14.6 Å². The topological polar surface area (TPSA) is 38.7 Å². The van der Waals surface area contributed by atoms with E-state index >= 15 is 0 Å². The molecule has 2 aliphatic carbocycles. The molecule has 0 spiro atoms. The van der Waals surface area contributed by atoms with Gasteiger partial charge in [-0.25, -0.2) is 0 Å². The Labute approximate surface area is 116 Å². The first-order valence-electron chi connectivity index (χ1n) is 7.77. The van der Waals surface area contributed by atoms with Crippen molar-refractivity contribution in [2.75, 3.05) is 20.0 Å². The summed E-state index contributed by atoms with van der Waals surface area (Å²) in [5.74, 6) is 1.07. The SMILES string of the molecule is CC1(C)CCC[C@]2(C)[C@@H]3COCO[C@]3(CO)CC[C@@H]12. The average molecular weight is 268 g/mol. The van der Waals surface area contributed by atoms with Crippen molar-refractivity contribution in [3.8, 4) is 0 Å². The fraction of sp³-hybridized carbons (Fsp3) is 1.00. The van der Waals surface area contributed by atoms with Crippen LogP contribution in [0.15, 0.2) is 0 Å². The minimum Gasteiger partial charge on any atom is -0.393 e. The minimum atomic E-state index is -0.336. The Morgan fingerprint density at radius 3 is 2.63 bits per heavy atom. The van der Waals surface area contributed by atoms with E-state index in [0.717, 1.165) is 18.9 Å². The first-order chi connectivity index (χ1) is 8.95. The molecule has 2 saturated carbocycles. The van der Waals surface area contributed by atoms with Gasteiger partial charge >= 0.3 is 0 Å². The maximum atomic E-state index is 9.93. The monoisotopic (exact) mass is 268 g/mol. The molecule has 1 saturated heterocycles. The van der Waals surface area contributed by atoms with Gasteiger partial charge in [-0.3, -0.25) is 0 Å². The summed E-state index contributed by atoms with van der Waals surface area (Å²) in [6.07, 6.45) is 6.04. The van der Waals surface area contributed by atoms with Crippen LogP contribution in [0.5, 0.6) is 0 Å². The van der Waals surface area contributed by atoms with Crippen molar-refractivity contribution in [1.29, 1.82) is 0 Å². The van der Waals surface area contributed by atoms with E-state index in [0.29, 0.717) is 18.1 Å². The van der Waals surface area contributed by atoms with Crippen LogP contribution in [-0.2, 0) is 9.47 Å². The molecule has 0 radical (unpaired) electrons. The van der Waals surface area contributed by atoms with Crippen LogP contribution in [0.1, 0.15) is 52.9 Å². The summed E-state index contributed by atoms with van der Waals surface area (Å²) in [7, 11) is 0. The van der Waals surface area contributed by atoms with Crippen molar-refractivity contribution in [2.45, 2.75) is 58.5 Å². The summed E-state index contributed by atoms with van der Waals surface area (Å²) in [6, 6.07) is 0. The van der Waals surface area contributed by atoms with Gasteiger partial charge in [-0.1, -0.05) is 27.2 Å². The van der Waals surface area contributed by atoms with E-state index in [2.05, 4.69) is 20.8 Å². The normalized spacial score (nSPS) is 49.3. The lowest BCUT2D eigenvalue weighted by molar-refractivity contribution is -0.295. The van der Waals surface area contributed by atoms with E-state index in [1.165, 1.54) is 25.7 Å². The number of rotatable bonds is 1. The Morgan fingerprint density at radius 1 is 1.11 bits per heavy atom. The van der Waals surface area contributed by atoms with E-state index in [4.69, 9.17) is 9.47 Å². The average Bonchev–Trinajstić information content (AvgIpc) is 2.38. The molecule has 3 aliphatic rings. The number of aliphatic hydroxyl groups is 1. The summed E-state index contributed by atoms with van der Waals surface area (Å²) in [5, 5.41) is 9.93. The number of aliphatic hydroxyl groups excluding tert-OH is 1. The Bertz CT molecular complexity index is 354. The molecule has 110 valence electrons. The molecule has 1 aliphatic heterocycles. The number of hydrogen-bond acceptors (Lipinski definition) is 3. The maximum absolute atomic E-state index is 9.93. The molecule has 3 fully saturated rings. The summed E-state index contributed by atoms with van der Waals surface area (Å²) < 4.78 is 11.5. The Balaban J connectivity index is 1.97. The molecule has 0 aromatic heterocycles. The van der Waals surface area contributed by atoms with Crippen LogP contribution in [0.3, 0.4) is 0 Å². The highest BCUT2D eigenvalue weighted by atomic mass is 16.7. The lowest BCUT2D eigenvalue weighted by atomic mass is 9.45. The molecule has 3 heteroatoms. The molecule has 1 heterocycles. The van der Waals surface area contributed by atoms with E-state index in [-0.39, 0.29) is 17.6 Å². The van der Waals surface area contributed by atoms with Crippen LogP contribution in [-0.4, -0.2) is 30.7 Å². The van der Waals surface area contributed by atoms with Gasteiger partial charge in [0.15, 0.2) is 0 Å². The predicted molar refractivity (Wildman–Crippen MR) is 73.7 cm³/mol. The summed E-state index contributed by atoms with van der Waals surface area (Å²) >= 11 is 0. The van der Waals surface area contributed by atoms with Crippen molar-refractivity contribution in [3.63, 3.8) is 0 Å². The van der Waals surface area contributed by atoms with Gasteiger partial charge in [0, 0.05) is 5.92 Å². The molecule has 1 N–H and O–H groups in total. The van der Waals surface area contributed by atoms with Gasteiger partial charge in [0.2, 0.25) is 0 Å². The highest BCUT2D eigenvalue weighted by molar-refractivity contribution is 5.09. The third-order valence-electron chi connectivity index (χ3n) is 6.55. The predicted octanol–water partition coefficient (Wildman–Crippen LogP) is 2.96. The van der Waals surface area contributed by atoms with Crippen molar-refractivity contribution in [2.24, 2.45) is 22.7 Å². The lowest BCUT2D eigenvalue weighted by Gasteiger charge is -2.63. The van der Waals surface area contributed by atoms with Gasteiger partial charge in [-0.15, -0.1) is 0 Å². The second-order valence-electron chi connectivity index (χ2n) is 7.85. The van der Waals surface area contributed by atoms with Crippen molar-refractivity contribution in [1.82, 2.24) is 0 Å². The van der Waals surface area contributed by atoms with E-state index in [1.54, 1.807) is 0 Å². The number of ether oxygens (including phenoxy) is 2. The third kappa shape index (κ3) is 1.89. The molecule has 0 amide bonds. The van der Waals surface area contributed by atoms with Crippen molar-refractivity contribution in [3.05, 3.63) is 0 Å². The van der Waals surface area contributed by atoms with Gasteiger partial charge in [-0.05, 0) is 42.4 Å². The Morgan fingerprint density at radius 2 is 1.89 bits per heavy atom. The second-order valence-corrected chi connectivity index (χ2v) is 7.85. The highest BCUT2D eigenvalue weighted by Crippen LogP contribution is 2.63. The first kappa shape index (κ1) is 13.8. The summed E-state index contributed by atoms with van der Waals surface area (Å²) in [5.41, 5.74) is 0.326. The molecule has 3 nitrogen and oxygen atoms in total. The van der Waals surface area contributed by atoms with E-state index < -0.39 is 0 Å². The molecule has 4 atom stereocenters. The van der Waals surface area contributed by atoms with Crippen LogP contribution >= 0.6 is 0 Å². The zero-order valence-electron chi connectivity index (χ0n) is 12.6. The summed E-state index contributed by atoms with van der Waals surface area (Å²) in [4.78, 5) is 0. The fourth-order valence-electron chi connectivity index (χ4n) is 5.54. The van der Waals surface area contributed by atoms with Crippen LogP contribution in [0.4, 0.5) is 0 Å². The smallest absolute Gasteiger partial charge is 0.147 e. The summed E-state index contributed by atoms with van der Waals surface area (Å²) in [6.45, 7) is 8.51. The first-order valence-corrected chi connectivity index (χ1v) is 7.77. The molecular weight excluding hydrogens is 240 g/mol. The van der Waals surface area contributed by atoms with Crippen LogP contribution in [0, 0.1) is 22.7 Å². The van der Waals surface area contributed by atoms with E-state index in [9.17, 15) is 5.11 Å². The third-order valence-corrected chi connectivity index (χ3v) is 6.55. The Kier molecular flexibility index (Phi) is 3.23. The molecule has 3 rings (SSSR count). The van der Waals surface area contributed by atoms with Gasteiger partial charge < -0.3 is 14.6 Å². The quantitative estimate of drug-likeness (QED) is 0.794. The zero-order valence-corrected chi connectivity index (χ0v) is 12.6. The van der Waals surface area contributed by atoms with Gasteiger partial charge in [-0.2, -0.15) is 0 Å². The van der Waals surface area contributed by atoms with Crippen molar-refractivity contribution >= 4 is 0 Å². The zero-order chi connectivity index (χ0) is 13.7. The lowest BCUT2D eigenvalue weighted by Crippen LogP contribution is -2.64. The van der Waals surface area contributed by atoms with Crippen LogP contribution < -0.4 is 0 Å². The Hall–Kier alpha value is -0.120. The fourth-order valence-corrected chi connectivity index (χ4v) is 5.54. The molecule has 0 aromatic carbocycles. The maximum Gasteiger partial charge on any atom is 0.147 e. The largest absolute Gasteiger partial charge is 0.393 e.